The van der Waals surface area contributed by atoms with E-state index in [1.165, 1.54) is 12.1 Å². The average Bonchev–Trinajstić information content (AvgIpc) is 2.54. The number of piperidine rings is 1. The Morgan fingerprint density at radius 1 is 1.19 bits per heavy atom. The van der Waals surface area contributed by atoms with Crippen molar-refractivity contribution < 1.29 is 41.2 Å². The van der Waals surface area contributed by atoms with Crippen LogP contribution in [0.1, 0.15) is 18.4 Å². The number of rotatable bonds is 3. The van der Waals surface area contributed by atoms with Gasteiger partial charge in [0.2, 0.25) is 0 Å². The van der Waals surface area contributed by atoms with Gasteiger partial charge in [0, 0.05) is 6.04 Å². The fourth-order valence-electron chi connectivity index (χ4n) is 2.27. The fraction of sp³-hybridized carbons (Fsp3) is 0.500. The van der Waals surface area contributed by atoms with E-state index < -0.39 is 34.5 Å². The Morgan fingerprint density at radius 3 is 2.11 bits per heavy atom. The van der Waals surface area contributed by atoms with Gasteiger partial charge in [-0.15, -0.1) is 0 Å². The second-order valence-corrected chi connectivity index (χ2v) is 5.43. The molecular weight excluding hydrogens is 388 g/mol. The zero-order chi connectivity index (χ0) is 20.8. The minimum Gasteiger partial charge on any atom is -0.475 e. The van der Waals surface area contributed by atoms with Gasteiger partial charge in [-0.25, -0.2) is 4.79 Å². The van der Waals surface area contributed by atoms with E-state index >= 15 is 0 Å². The first-order valence-electron chi connectivity index (χ1n) is 7.46. The Balaban J connectivity index is 0.000000445. The molecule has 0 aromatic heterocycles. The maximum Gasteiger partial charge on any atom is 0.490 e. The first-order chi connectivity index (χ1) is 12.3. The molecule has 0 saturated carbocycles. The van der Waals surface area contributed by atoms with Gasteiger partial charge in [0.25, 0.3) is 0 Å². The molecule has 1 aromatic rings. The van der Waals surface area contributed by atoms with Crippen LogP contribution in [0.2, 0.25) is 0 Å². The molecule has 0 unspecified atom stereocenters. The molecule has 2 rings (SSSR count). The maximum absolute atomic E-state index is 12.8. The summed E-state index contributed by atoms with van der Waals surface area (Å²) < 4.78 is 70.2. The lowest BCUT2D eigenvalue weighted by molar-refractivity contribution is -0.387. The van der Waals surface area contributed by atoms with Gasteiger partial charge >= 0.3 is 24.0 Å². The maximum atomic E-state index is 12.8. The Labute approximate surface area is 148 Å². The van der Waals surface area contributed by atoms with E-state index in [1.807, 2.05) is 0 Å². The highest BCUT2D eigenvalue weighted by molar-refractivity contribution is 5.73. The Kier molecular flexibility index (Phi) is 7.39. The van der Waals surface area contributed by atoms with Crippen LogP contribution in [-0.2, 0) is 11.0 Å². The van der Waals surface area contributed by atoms with E-state index in [1.54, 1.807) is 0 Å². The van der Waals surface area contributed by atoms with Crippen molar-refractivity contribution in [3.05, 3.63) is 33.9 Å². The average molecular weight is 403 g/mol. The van der Waals surface area contributed by atoms with E-state index in [-0.39, 0.29) is 11.7 Å². The number of carboxylic acids is 1. The molecule has 27 heavy (non-hydrogen) atoms. The SMILES string of the molecule is O=C(O)C(F)(F)F.O=[N+]([O-])c1c(NC2CCNCC2)cccc1C(F)(F)F. The van der Waals surface area contributed by atoms with Crippen molar-refractivity contribution in [3.8, 4) is 0 Å². The molecule has 0 radical (unpaired) electrons. The number of hydrogen-bond acceptors (Lipinski definition) is 5. The third-order valence-electron chi connectivity index (χ3n) is 3.47. The summed E-state index contributed by atoms with van der Waals surface area (Å²) in [7, 11) is 0. The summed E-state index contributed by atoms with van der Waals surface area (Å²) in [5.74, 6) is -2.76. The lowest BCUT2D eigenvalue weighted by atomic mass is 10.0. The minimum atomic E-state index is -5.08. The second-order valence-electron chi connectivity index (χ2n) is 5.43. The molecular formula is C14H15F6N3O4. The van der Waals surface area contributed by atoms with Crippen molar-refractivity contribution in [3.63, 3.8) is 0 Å². The van der Waals surface area contributed by atoms with Crippen molar-refractivity contribution >= 4 is 17.3 Å². The molecule has 13 heteroatoms. The first-order valence-corrected chi connectivity index (χ1v) is 7.46. The van der Waals surface area contributed by atoms with Gasteiger partial charge in [0.15, 0.2) is 0 Å². The molecule has 0 amide bonds. The van der Waals surface area contributed by atoms with Crippen molar-refractivity contribution in [2.45, 2.75) is 31.2 Å². The van der Waals surface area contributed by atoms with Gasteiger partial charge in [0.1, 0.15) is 11.3 Å². The monoisotopic (exact) mass is 403 g/mol. The van der Waals surface area contributed by atoms with Crippen LogP contribution < -0.4 is 10.6 Å². The zero-order valence-electron chi connectivity index (χ0n) is 13.5. The number of carbonyl (C=O) groups is 1. The smallest absolute Gasteiger partial charge is 0.475 e. The van der Waals surface area contributed by atoms with Crippen LogP contribution >= 0.6 is 0 Å². The minimum absolute atomic E-state index is 0.0570. The number of nitrogens with one attached hydrogen (secondary N) is 2. The van der Waals surface area contributed by atoms with Crippen molar-refractivity contribution in [1.82, 2.24) is 5.32 Å². The molecule has 1 fully saturated rings. The number of nitrogens with zero attached hydrogens (tertiary/aromatic N) is 1. The Morgan fingerprint density at radius 2 is 1.70 bits per heavy atom. The summed E-state index contributed by atoms with van der Waals surface area (Å²) >= 11 is 0. The summed E-state index contributed by atoms with van der Waals surface area (Å²) in [5.41, 5.74) is -2.20. The molecule has 0 atom stereocenters. The molecule has 0 spiro atoms. The molecule has 3 N–H and O–H groups in total. The highest BCUT2D eigenvalue weighted by Gasteiger charge is 2.40. The summed E-state index contributed by atoms with van der Waals surface area (Å²) in [6, 6.07) is 3.17. The lowest BCUT2D eigenvalue weighted by Gasteiger charge is -2.25. The van der Waals surface area contributed by atoms with Crippen molar-refractivity contribution in [2.75, 3.05) is 18.4 Å². The van der Waals surface area contributed by atoms with E-state index in [2.05, 4.69) is 10.6 Å². The summed E-state index contributed by atoms with van der Waals surface area (Å²) in [6.07, 6.45) is -8.39. The summed E-state index contributed by atoms with van der Waals surface area (Å²) in [5, 5.41) is 24.1. The largest absolute Gasteiger partial charge is 0.490 e. The van der Waals surface area contributed by atoms with E-state index in [9.17, 15) is 36.5 Å². The molecule has 0 aliphatic carbocycles. The quantitative estimate of drug-likeness (QED) is 0.406. The number of carboxylic acid groups (broad SMARTS) is 1. The highest BCUT2D eigenvalue weighted by atomic mass is 19.4. The molecule has 0 bridgehead atoms. The molecule has 1 aromatic carbocycles. The number of nitro benzene ring substituents is 1. The van der Waals surface area contributed by atoms with Gasteiger partial charge in [-0.2, -0.15) is 26.3 Å². The highest BCUT2D eigenvalue weighted by Crippen LogP contribution is 2.40. The standard InChI is InChI=1S/C12H14F3N3O2.C2HF3O2/c13-12(14,15)9-2-1-3-10(11(9)18(19)20)17-8-4-6-16-7-5-8;3-2(4,5)1(6)7/h1-3,8,16-17H,4-7H2;(H,6,7). The normalized spacial score (nSPS) is 15.5. The number of para-hydroxylation sites is 1. The third-order valence-corrected chi connectivity index (χ3v) is 3.47. The van der Waals surface area contributed by atoms with Gasteiger partial charge in [-0.3, -0.25) is 10.1 Å². The summed E-state index contributed by atoms with van der Waals surface area (Å²) in [6.45, 7) is 1.48. The number of alkyl halides is 6. The Hall–Kier alpha value is -2.57. The van der Waals surface area contributed by atoms with Gasteiger partial charge in [0.05, 0.1) is 4.92 Å². The molecule has 1 aliphatic rings. The number of hydrogen-bond donors (Lipinski definition) is 3. The number of nitro groups is 1. The number of anilines is 1. The predicted octanol–water partition coefficient (Wildman–Crippen LogP) is 3.41. The van der Waals surface area contributed by atoms with Crippen LogP contribution in [0.15, 0.2) is 18.2 Å². The first kappa shape index (κ1) is 22.5. The fourth-order valence-corrected chi connectivity index (χ4v) is 2.27. The Bertz CT molecular complexity index is 672. The lowest BCUT2D eigenvalue weighted by Crippen LogP contribution is -2.35. The van der Waals surface area contributed by atoms with Crippen LogP contribution in [0.5, 0.6) is 0 Å². The van der Waals surface area contributed by atoms with Crippen LogP contribution in [0.4, 0.5) is 37.7 Å². The van der Waals surface area contributed by atoms with Crippen LogP contribution in [0, 0.1) is 10.1 Å². The zero-order valence-corrected chi connectivity index (χ0v) is 13.5. The predicted molar refractivity (Wildman–Crippen MR) is 81.3 cm³/mol. The number of aliphatic carboxylic acids is 1. The number of halogens is 6. The van der Waals surface area contributed by atoms with Crippen LogP contribution in [0.25, 0.3) is 0 Å². The molecule has 1 aliphatic heterocycles. The number of benzene rings is 1. The molecule has 1 saturated heterocycles. The van der Waals surface area contributed by atoms with E-state index in [4.69, 9.17) is 9.90 Å². The summed E-state index contributed by atoms with van der Waals surface area (Å²) in [4.78, 5) is 18.9. The van der Waals surface area contributed by atoms with Gasteiger partial charge in [-0.1, -0.05) is 6.07 Å². The van der Waals surface area contributed by atoms with Crippen molar-refractivity contribution in [2.24, 2.45) is 0 Å². The third kappa shape index (κ3) is 6.92. The van der Waals surface area contributed by atoms with Crippen LogP contribution in [-0.4, -0.2) is 41.3 Å². The topological polar surface area (TPSA) is 104 Å². The van der Waals surface area contributed by atoms with Gasteiger partial charge in [-0.05, 0) is 38.1 Å². The van der Waals surface area contributed by atoms with Crippen molar-refractivity contribution in [1.29, 1.82) is 0 Å². The van der Waals surface area contributed by atoms with Crippen LogP contribution in [0.3, 0.4) is 0 Å². The van der Waals surface area contributed by atoms with Gasteiger partial charge < -0.3 is 15.7 Å². The van der Waals surface area contributed by atoms with E-state index in [0.717, 1.165) is 19.2 Å². The van der Waals surface area contributed by atoms with E-state index in [0.29, 0.717) is 12.8 Å². The molecule has 152 valence electrons. The molecule has 1 heterocycles. The molecule has 7 nitrogen and oxygen atoms in total. The second kappa shape index (κ2) is 8.88.